The zero-order valence-corrected chi connectivity index (χ0v) is 11.4. The van der Waals surface area contributed by atoms with E-state index in [2.05, 4.69) is 30.8 Å². The first-order valence-electron chi connectivity index (χ1n) is 5.77. The Morgan fingerprint density at radius 3 is 2.78 bits per heavy atom. The van der Waals surface area contributed by atoms with Crippen LogP contribution >= 0.6 is 15.9 Å². The molecule has 1 saturated heterocycles. The van der Waals surface area contributed by atoms with Gasteiger partial charge in [-0.25, -0.2) is 9.97 Å². The Bertz CT molecular complexity index is 435. The number of aliphatic hydroxyl groups excluding tert-OH is 1. The summed E-state index contributed by atoms with van der Waals surface area (Å²) in [4.78, 5) is 21.2. The molecule has 3 N–H and O–H groups in total. The van der Waals surface area contributed by atoms with Crippen LogP contribution in [-0.4, -0.2) is 40.2 Å². The second kappa shape index (κ2) is 5.62. The van der Waals surface area contributed by atoms with Crippen molar-refractivity contribution in [2.24, 2.45) is 11.7 Å². The Hall–Kier alpha value is -1.21. The molecule has 1 aliphatic heterocycles. The predicted molar refractivity (Wildman–Crippen MR) is 69.9 cm³/mol. The highest BCUT2D eigenvalue weighted by Gasteiger charge is 2.29. The average molecular weight is 315 g/mol. The molecule has 0 saturated carbocycles. The Morgan fingerprint density at radius 2 is 2.22 bits per heavy atom. The van der Waals surface area contributed by atoms with Crippen molar-refractivity contribution in [1.29, 1.82) is 0 Å². The Balaban J connectivity index is 1.99. The van der Waals surface area contributed by atoms with Gasteiger partial charge in [-0.1, -0.05) is 0 Å². The van der Waals surface area contributed by atoms with Crippen LogP contribution in [-0.2, 0) is 4.79 Å². The monoisotopic (exact) mass is 314 g/mol. The SMILES string of the molecule is NC(=O)C(O)C1CCN(c2ncncc2Br)CC1. The minimum absolute atomic E-state index is 0.0561. The highest BCUT2D eigenvalue weighted by molar-refractivity contribution is 9.10. The molecule has 1 aliphatic rings. The van der Waals surface area contributed by atoms with E-state index in [9.17, 15) is 9.90 Å². The molecule has 1 atom stereocenters. The summed E-state index contributed by atoms with van der Waals surface area (Å²) in [6, 6.07) is 0. The molecule has 0 aromatic carbocycles. The van der Waals surface area contributed by atoms with Gasteiger partial charge >= 0.3 is 0 Å². The minimum atomic E-state index is -1.04. The van der Waals surface area contributed by atoms with Gasteiger partial charge in [0.1, 0.15) is 18.2 Å². The summed E-state index contributed by atoms with van der Waals surface area (Å²) in [7, 11) is 0. The number of piperidine rings is 1. The molecule has 18 heavy (non-hydrogen) atoms. The van der Waals surface area contributed by atoms with Gasteiger partial charge in [0.2, 0.25) is 5.91 Å². The fraction of sp³-hybridized carbons (Fsp3) is 0.545. The lowest BCUT2D eigenvalue weighted by Crippen LogP contribution is -2.43. The van der Waals surface area contributed by atoms with Crippen LogP contribution in [0.3, 0.4) is 0 Å². The average Bonchev–Trinajstić information content (AvgIpc) is 2.38. The second-order valence-corrected chi connectivity index (χ2v) is 5.22. The minimum Gasteiger partial charge on any atom is -0.383 e. The van der Waals surface area contributed by atoms with Gasteiger partial charge in [-0.05, 0) is 34.7 Å². The zero-order chi connectivity index (χ0) is 13.1. The molecule has 1 unspecified atom stereocenters. The van der Waals surface area contributed by atoms with E-state index in [1.807, 2.05) is 0 Å². The number of nitrogens with two attached hydrogens (primary N) is 1. The van der Waals surface area contributed by atoms with Gasteiger partial charge < -0.3 is 15.7 Å². The molecule has 1 fully saturated rings. The van der Waals surface area contributed by atoms with Crippen molar-refractivity contribution in [3.8, 4) is 0 Å². The molecule has 1 aromatic rings. The molecule has 7 heteroatoms. The summed E-state index contributed by atoms with van der Waals surface area (Å²) >= 11 is 3.41. The fourth-order valence-corrected chi connectivity index (χ4v) is 2.67. The van der Waals surface area contributed by atoms with Crippen LogP contribution in [0.4, 0.5) is 5.82 Å². The first kappa shape index (κ1) is 13.2. The Labute approximate surface area is 113 Å². The summed E-state index contributed by atoms with van der Waals surface area (Å²) in [6.07, 6.45) is 3.61. The number of carbonyl (C=O) groups excluding carboxylic acids is 1. The van der Waals surface area contributed by atoms with Crippen molar-refractivity contribution in [3.05, 3.63) is 17.0 Å². The smallest absolute Gasteiger partial charge is 0.246 e. The third-order valence-corrected chi connectivity index (χ3v) is 3.78. The third-order valence-electron chi connectivity index (χ3n) is 3.23. The highest BCUT2D eigenvalue weighted by Crippen LogP contribution is 2.28. The second-order valence-electron chi connectivity index (χ2n) is 4.37. The molecular weight excluding hydrogens is 300 g/mol. The largest absolute Gasteiger partial charge is 0.383 e. The van der Waals surface area contributed by atoms with Crippen molar-refractivity contribution in [1.82, 2.24) is 9.97 Å². The van der Waals surface area contributed by atoms with E-state index in [-0.39, 0.29) is 5.92 Å². The third kappa shape index (κ3) is 2.78. The van der Waals surface area contributed by atoms with E-state index in [0.717, 1.165) is 36.2 Å². The molecule has 0 bridgehead atoms. The van der Waals surface area contributed by atoms with Crippen LogP contribution in [0.1, 0.15) is 12.8 Å². The van der Waals surface area contributed by atoms with Crippen molar-refractivity contribution >= 4 is 27.7 Å². The molecule has 2 rings (SSSR count). The summed E-state index contributed by atoms with van der Waals surface area (Å²) in [6.45, 7) is 1.48. The van der Waals surface area contributed by atoms with Gasteiger partial charge in [-0.15, -0.1) is 0 Å². The van der Waals surface area contributed by atoms with Crippen molar-refractivity contribution in [2.45, 2.75) is 18.9 Å². The standard InChI is InChI=1S/C11H15BrN4O2/c12-8-5-14-6-15-11(8)16-3-1-7(2-4-16)9(17)10(13)18/h5-7,9,17H,1-4H2,(H2,13,18). The number of rotatable bonds is 3. The van der Waals surface area contributed by atoms with E-state index in [1.54, 1.807) is 6.20 Å². The van der Waals surface area contributed by atoms with E-state index in [1.165, 1.54) is 6.33 Å². The van der Waals surface area contributed by atoms with Gasteiger partial charge in [-0.2, -0.15) is 0 Å². The van der Waals surface area contributed by atoms with Crippen molar-refractivity contribution < 1.29 is 9.90 Å². The van der Waals surface area contributed by atoms with Gasteiger partial charge in [-0.3, -0.25) is 4.79 Å². The number of anilines is 1. The van der Waals surface area contributed by atoms with Crippen LogP contribution in [0.15, 0.2) is 17.0 Å². The van der Waals surface area contributed by atoms with Crippen LogP contribution in [0.5, 0.6) is 0 Å². The first-order chi connectivity index (χ1) is 8.59. The van der Waals surface area contributed by atoms with Crippen LogP contribution in [0, 0.1) is 5.92 Å². The van der Waals surface area contributed by atoms with Crippen molar-refractivity contribution in [3.63, 3.8) is 0 Å². The van der Waals surface area contributed by atoms with E-state index < -0.39 is 12.0 Å². The maximum absolute atomic E-state index is 10.9. The van der Waals surface area contributed by atoms with E-state index in [4.69, 9.17) is 5.73 Å². The quantitative estimate of drug-likeness (QED) is 0.837. The molecule has 6 nitrogen and oxygen atoms in total. The van der Waals surface area contributed by atoms with E-state index >= 15 is 0 Å². The van der Waals surface area contributed by atoms with Gasteiger partial charge in [0.05, 0.1) is 4.47 Å². The number of aliphatic hydroxyl groups is 1. The number of amides is 1. The lowest BCUT2D eigenvalue weighted by Gasteiger charge is -2.34. The molecule has 0 aliphatic carbocycles. The summed E-state index contributed by atoms with van der Waals surface area (Å²) in [5, 5.41) is 9.63. The number of hydrogen-bond donors (Lipinski definition) is 2. The number of nitrogens with zero attached hydrogens (tertiary/aromatic N) is 3. The number of primary amides is 1. The normalized spacial score (nSPS) is 18.7. The Kier molecular flexibility index (Phi) is 4.13. The number of hydrogen-bond acceptors (Lipinski definition) is 5. The zero-order valence-electron chi connectivity index (χ0n) is 9.79. The molecule has 0 spiro atoms. The highest BCUT2D eigenvalue weighted by atomic mass is 79.9. The summed E-state index contributed by atoms with van der Waals surface area (Å²) in [5.74, 6) is 0.146. The fourth-order valence-electron chi connectivity index (χ4n) is 2.20. The van der Waals surface area contributed by atoms with Crippen LogP contribution in [0.25, 0.3) is 0 Å². The molecule has 98 valence electrons. The van der Waals surface area contributed by atoms with Crippen LogP contribution in [0.2, 0.25) is 0 Å². The van der Waals surface area contributed by atoms with Crippen LogP contribution < -0.4 is 10.6 Å². The molecule has 2 heterocycles. The van der Waals surface area contributed by atoms with Crippen molar-refractivity contribution in [2.75, 3.05) is 18.0 Å². The van der Waals surface area contributed by atoms with Gasteiger partial charge in [0.15, 0.2) is 0 Å². The van der Waals surface area contributed by atoms with Gasteiger partial charge in [0.25, 0.3) is 0 Å². The maximum Gasteiger partial charge on any atom is 0.246 e. The number of aromatic nitrogens is 2. The Morgan fingerprint density at radius 1 is 1.56 bits per heavy atom. The predicted octanol–water partition coefficient (Wildman–Crippen LogP) is 0.302. The topological polar surface area (TPSA) is 92.3 Å². The molecular formula is C11H15BrN4O2. The molecule has 1 aromatic heterocycles. The first-order valence-corrected chi connectivity index (χ1v) is 6.56. The lowest BCUT2D eigenvalue weighted by molar-refractivity contribution is -0.129. The molecule has 1 amide bonds. The maximum atomic E-state index is 10.9. The molecule has 0 radical (unpaired) electrons. The number of halogens is 1. The van der Waals surface area contributed by atoms with Gasteiger partial charge in [0, 0.05) is 19.3 Å². The van der Waals surface area contributed by atoms with E-state index in [0.29, 0.717) is 0 Å². The number of carbonyl (C=O) groups is 1. The summed E-state index contributed by atoms with van der Waals surface area (Å²) < 4.78 is 0.846. The lowest BCUT2D eigenvalue weighted by atomic mass is 9.91. The summed E-state index contributed by atoms with van der Waals surface area (Å²) in [5.41, 5.74) is 5.11.